The number of hydrogen-bond acceptors (Lipinski definition) is 6. The van der Waals surface area contributed by atoms with Gasteiger partial charge in [0.1, 0.15) is 0 Å². The topological polar surface area (TPSA) is 70.3 Å². The van der Waals surface area contributed by atoms with Crippen molar-refractivity contribution in [1.29, 1.82) is 0 Å². The minimum absolute atomic E-state index is 0.358. The molecular weight excluding hydrogens is 335 g/mol. The summed E-state index contributed by atoms with van der Waals surface area (Å²) in [4.78, 5) is 12.8. The van der Waals surface area contributed by atoms with E-state index < -0.39 is 6.10 Å². The fraction of sp³-hybridized carbons (Fsp3) is 0.611. The zero-order valence-corrected chi connectivity index (χ0v) is 15.1. The fourth-order valence-electron chi connectivity index (χ4n) is 3.68. The molecule has 0 radical (unpaired) electrons. The molecule has 2 aromatic heterocycles. The van der Waals surface area contributed by atoms with Gasteiger partial charge in [0.2, 0.25) is 5.95 Å². The van der Waals surface area contributed by atoms with Crippen LogP contribution in [0.4, 0.5) is 16.2 Å². The average Bonchev–Trinajstić information content (AvgIpc) is 3.28. The number of aliphatic hydroxyl groups is 1. The Morgan fingerprint density at radius 3 is 2.69 bits per heavy atom. The summed E-state index contributed by atoms with van der Waals surface area (Å²) in [5.74, 6) is 0.608. The molecule has 2 aliphatic heterocycles. The summed E-state index contributed by atoms with van der Waals surface area (Å²) in [6.45, 7) is 5.82. The standard InChI is InChI=1S/C18H25FN6O/c1-2-16(26)15-10-13-12-24(8-5-9-25(13)22-15)18-20-11-14(19)17(21-18)23-6-3-4-7-23/h10-11,16,26H,2-9,12H2,1H3/t16-/m0/s1. The second-order valence-corrected chi connectivity index (χ2v) is 7.02. The Balaban J connectivity index is 1.60. The van der Waals surface area contributed by atoms with Crippen molar-refractivity contribution in [2.75, 3.05) is 29.4 Å². The molecule has 1 atom stereocenters. The van der Waals surface area contributed by atoms with Crippen molar-refractivity contribution in [1.82, 2.24) is 19.7 Å². The summed E-state index contributed by atoms with van der Waals surface area (Å²) in [6.07, 6.45) is 4.43. The van der Waals surface area contributed by atoms with Crippen LogP contribution in [0, 0.1) is 5.82 Å². The van der Waals surface area contributed by atoms with Crippen molar-refractivity contribution in [2.24, 2.45) is 0 Å². The van der Waals surface area contributed by atoms with E-state index in [9.17, 15) is 9.50 Å². The lowest BCUT2D eigenvalue weighted by atomic mass is 10.2. The maximum Gasteiger partial charge on any atom is 0.227 e. The van der Waals surface area contributed by atoms with Gasteiger partial charge in [-0.3, -0.25) is 4.68 Å². The lowest BCUT2D eigenvalue weighted by Crippen LogP contribution is -2.27. The van der Waals surface area contributed by atoms with Gasteiger partial charge in [-0.15, -0.1) is 0 Å². The minimum Gasteiger partial charge on any atom is -0.387 e. The van der Waals surface area contributed by atoms with Gasteiger partial charge in [0, 0.05) is 26.2 Å². The van der Waals surface area contributed by atoms with Crippen LogP contribution < -0.4 is 9.80 Å². The number of aromatic nitrogens is 4. The minimum atomic E-state index is -0.535. The van der Waals surface area contributed by atoms with Crippen molar-refractivity contribution >= 4 is 11.8 Å². The molecule has 1 saturated heterocycles. The molecule has 1 N–H and O–H groups in total. The molecule has 26 heavy (non-hydrogen) atoms. The number of aryl methyl sites for hydroxylation is 1. The van der Waals surface area contributed by atoms with Crippen molar-refractivity contribution in [3.63, 3.8) is 0 Å². The Labute approximate surface area is 152 Å². The Morgan fingerprint density at radius 1 is 1.15 bits per heavy atom. The number of rotatable bonds is 4. The highest BCUT2D eigenvalue weighted by molar-refractivity contribution is 5.46. The van der Waals surface area contributed by atoms with Gasteiger partial charge in [-0.1, -0.05) is 6.92 Å². The van der Waals surface area contributed by atoms with Crippen LogP contribution in [0.25, 0.3) is 0 Å². The van der Waals surface area contributed by atoms with E-state index in [1.54, 1.807) is 0 Å². The number of hydrogen-bond donors (Lipinski definition) is 1. The zero-order chi connectivity index (χ0) is 18.1. The van der Waals surface area contributed by atoms with E-state index in [2.05, 4.69) is 20.0 Å². The number of aliphatic hydroxyl groups excluding tert-OH is 1. The second-order valence-electron chi connectivity index (χ2n) is 7.02. The molecule has 2 aliphatic rings. The predicted octanol–water partition coefficient (Wildman–Crippen LogP) is 2.27. The van der Waals surface area contributed by atoms with E-state index in [4.69, 9.17) is 0 Å². The van der Waals surface area contributed by atoms with Crippen LogP contribution in [0.5, 0.6) is 0 Å². The van der Waals surface area contributed by atoms with Gasteiger partial charge in [0.05, 0.1) is 30.2 Å². The lowest BCUT2D eigenvalue weighted by Gasteiger charge is -2.23. The third kappa shape index (κ3) is 3.25. The van der Waals surface area contributed by atoms with Crippen LogP contribution in [0.1, 0.15) is 50.1 Å². The fourth-order valence-corrected chi connectivity index (χ4v) is 3.68. The third-order valence-corrected chi connectivity index (χ3v) is 5.16. The maximum absolute atomic E-state index is 14.2. The monoisotopic (exact) mass is 360 g/mol. The van der Waals surface area contributed by atoms with Gasteiger partial charge in [0.15, 0.2) is 11.6 Å². The summed E-state index contributed by atoms with van der Waals surface area (Å²) in [5, 5.41) is 14.6. The number of nitrogens with zero attached hydrogens (tertiary/aromatic N) is 6. The van der Waals surface area contributed by atoms with Crippen LogP contribution in [-0.4, -0.2) is 44.5 Å². The third-order valence-electron chi connectivity index (χ3n) is 5.16. The van der Waals surface area contributed by atoms with E-state index in [-0.39, 0.29) is 5.82 Å². The highest BCUT2D eigenvalue weighted by Gasteiger charge is 2.23. The molecule has 0 aromatic carbocycles. The molecule has 0 bridgehead atoms. The SMILES string of the molecule is CC[C@H](O)c1cc2n(n1)CCCN(c1ncc(F)c(N3CCCC3)n1)C2. The molecule has 0 saturated carbocycles. The van der Waals surface area contributed by atoms with Crippen LogP contribution in [0.2, 0.25) is 0 Å². The van der Waals surface area contributed by atoms with Crippen LogP contribution >= 0.6 is 0 Å². The molecule has 2 aromatic rings. The largest absolute Gasteiger partial charge is 0.387 e. The Hall–Kier alpha value is -2.22. The highest BCUT2D eigenvalue weighted by atomic mass is 19.1. The summed E-state index contributed by atoms with van der Waals surface area (Å²) < 4.78 is 16.2. The predicted molar refractivity (Wildman–Crippen MR) is 96.6 cm³/mol. The maximum atomic E-state index is 14.2. The normalized spacial score (nSPS) is 18.7. The van der Waals surface area contributed by atoms with Gasteiger partial charge >= 0.3 is 0 Å². The van der Waals surface area contributed by atoms with Crippen molar-refractivity contribution in [3.8, 4) is 0 Å². The van der Waals surface area contributed by atoms with Gasteiger partial charge in [0.25, 0.3) is 0 Å². The van der Waals surface area contributed by atoms with Crippen molar-refractivity contribution < 1.29 is 9.50 Å². The number of anilines is 2. The summed E-state index contributed by atoms with van der Waals surface area (Å²) in [7, 11) is 0. The quantitative estimate of drug-likeness (QED) is 0.902. The molecular formula is C18H25FN6O. The van der Waals surface area contributed by atoms with Crippen LogP contribution in [0.15, 0.2) is 12.3 Å². The molecule has 0 amide bonds. The first-order valence-electron chi connectivity index (χ1n) is 9.43. The molecule has 7 nitrogen and oxygen atoms in total. The average molecular weight is 360 g/mol. The molecule has 140 valence electrons. The smallest absolute Gasteiger partial charge is 0.227 e. The Kier molecular flexibility index (Phi) is 4.76. The number of halogens is 1. The van der Waals surface area contributed by atoms with Gasteiger partial charge in [-0.25, -0.2) is 9.37 Å². The zero-order valence-electron chi connectivity index (χ0n) is 15.1. The Bertz CT molecular complexity index is 773. The van der Waals surface area contributed by atoms with Gasteiger partial charge in [-0.05, 0) is 31.7 Å². The Morgan fingerprint density at radius 2 is 1.92 bits per heavy atom. The van der Waals surface area contributed by atoms with Crippen LogP contribution in [0.3, 0.4) is 0 Å². The molecule has 4 heterocycles. The first-order valence-corrected chi connectivity index (χ1v) is 9.43. The van der Waals surface area contributed by atoms with E-state index in [0.717, 1.165) is 51.1 Å². The van der Waals surface area contributed by atoms with Gasteiger partial charge < -0.3 is 14.9 Å². The summed E-state index contributed by atoms with van der Waals surface area (Å²) >= 11 is 0. The second kappa shape index (κ2) is 7.19. The summed E-state index contributed by atoms with van der Waals surface area (Å²) in [6, 6.07) is 1.96. The molecule has 0 aliphatic carbocycles. The van der Waals surface area contributed by atoms with Crippen molar-refractivity contribution in [2.45, 2.75) is 51.8 Å². The summed E-state index contributed by atoms with van der Waals surface area (Å²) in [5.41, 5.74) is 1.74. The lowest BCUT2D eigenvalue weighted by molar-refractivity contribution is 0.168. The molecule has 8 heteroatoms. The van der Waals surface area contributed by atoms with Gasteiger partial charge in [-0.2, -0.15) is 10.1 Å². The van der Waals surface area contributed by atoms with E-state index >= 15 is 0 Å². The molecule has 1 fully saturated rings. The first-order chi connectivity index (χ1) is 12.7. The van der Waals surface area contributed by atoms with E-state index in [0.29, 0.717) is 30.4 Å². The van der Waals surface area contributed by atoms with Crippen molar-refractivity contribution in [3.05, 3.63) is 29.5 Å². The first kappa shape index (κ1) is 17.2. The van der Waals surface area contributed by atoms with Crippen LogP contribution in [-0.2, 0) is 13.1 Å². The van der Waals surface area contributed by atoms with E-state index in [1.807, 2.05) is 22.6 Å². The number of fused-ring (bicyclic) bond motifs is 1. The molecule has 4 rings (SSSR count). The highest BCUT2D eigenvalue weighted by Crippen LogP contribution is 2.26. The molecule has 0 spiro atoms. The molecule has 0 unspecified atom stereocenters. The van der Waals surface area contributed by atoms with E-state index in [1.165, 1.54) is 6.20 Å².